The average Bonchev–Trinajstić information content (AvgIpc) is 3.08. The lowest BCUT2D eigenvalue weighted by Crippen LogP contribution is -2.25. The van der Waals surface area contributed by atoms with Crippen molar-refractivity contribution in [2.24, 2.45) is 10.1 Å². The second-order valence-electron chi connectivity index (χ2n) is 6.52. The molecule has 0 atom stereocenters. The fourth-order valence-corrected chi connectivity index (χ4v) is 3.10. The summed E-state index contributed by atoms with van der Waals surface area (Å²) < 4.78 is 13.6. The van der Waals surface area contributed by atoms with E-state index in [1.807, 2.05) is 18.7 Å². The summed E-state index contributed by atoms with van der Waals surface area (Å²) in [7, 11) is 0. The number of rotatable bonds is 3. The van der Waals surface area contributed by atoms with E-state index in [0.29, 0.717) is 11.4 Å². The van der Waals surface area contributed by atoms with E-state index in [4.69, 9.17) is 0 Å². The van der Waals surface area contributed by atoms with Crippen LogP contribution < -0.4 is 10.3 Å². The molecule has 1 N–H and O–H groups in total. The van der Waals surface area contributed by atoms with Crippen molar-refractivity contribution in [2.75, 3.05) is 23.4 Å². The molecule has 0 amide bonds. The molecular weight excluding hydrogens is 329 g/mol. The average molecular weight is 353 g/mol. The van der Waals surface area contributed by atoms with Crippen molar-refractivity contribution < 1.29 is 4.39 Å². The molecule has 0 bridgehead atoms. The van der Waals surface area contributed by atoms with Crippen molar-refractivity contribution in [3.05, 3.63) is 60.3 Å². The van der Waals surface area contributed by atoms with Crippen molar-refractivity contribution in [1.82, 2.24) is 4.90 Å². The van der Waals surface area contributed by atoms with E-state index in [1.165, 1.54) is 25.0 Å². The summed E-state index contributed by atoms with van der Waals surface area (Å²) in [6.07, 6.45) is 5.81. The number of allylic oxidation sites excluding steroid dienone is 2. The molecule has 1 saturated heterocycles. The summed E-state index contributed by atoms with van der Waals surface area (Å²) in [6.45, 7) is 14.2. The van der Waals surface area contributed by atoms with Gasteiger partial charge in [0.15, 0.2) is 0 Å². The normalized spacial score (nSPS) is 17.9. The number of hydrogen-bond acceptors (Lipinski definition) is 4. The Kier molecular flexibility index (Phi) is 5.21. The standard InChI is InChI=1S/C20H24FN5/c1-14(2)20(13-22-16(4)25-9-5-6-10-25)26-15(3)12-23-24-18-11-17(21)7-8-19(18)26/h7-8,11-13,24H,1,3,5-6,9-10H2,2,4H3/b20-13+,22-16?. The maximum absolute atomic E-state index is 13.6. The number of likely N-dealkylation sites (tertiary alicyclic amines) is 1. The van der Waals surface area contributed by atoms with Crippen molar-refractivity contribution in [3.63, 3.8) is 0 Å². The zero-order valence-corrected chi connectivity index (χ0v) is 15.3. The van der Waals surface area contributed by atoms with Crippen LogP contribution in [0.15, 0.2) is 64.6 Å². The molecule has 0 aliphatic carbocycles. The molecule has 2 aliphatic heterocycles. The molecule has 0 saturated carbocycles. The van der Waals surface area contributed by atoms with E-state index in [1.54, 1.807) is 18.5 Å². The second-order valence-corrected chi connectivity index (χ2v) is 6.52. The molecule has 6 heteroatoms. The number of amidine groups is 1. The topological polar surface area (TPSA) is 43.2 Å². The first kappa shape index (κ1) is 17.9. The van der Waals surface area contributed by atoms with Gasteiger partial charge in [0, 0.05) is 19.2 Å². The molecule has 3 rings (SSSR count). The third-order valence-electron chi connectivity index (χ3n) is 4.50. The summed E-state index contributed by atoms with van der Waals surface area (Å²) in [5.74, 6) is 0.649. The van der Waals surface area contributed by atoms with Gasteiger partial charge in [-0.1, -0.05) is 13.2 Å². The van der Waals surface area contributed by atoms with Crippen LogP contribution in [-0.4, -0.2) is 30.0 Å². The fourth-order valence-electron chi connectivity index (χ4n) is 3.10. The van der Waals surface area contributed by atoms with Crippen molar-refractivity contribution >= 4 is 23.4 Å². The number of nitrogens with one attached hydrogen (secondary N) is 1. The number of fused-ring (bicyclic) bond motifs is 1. The van der Waals surface area contributed by atoms with E-state index in [0.717, 1.165) is 35.9 Å². The van der Waals surface area contributed by atoms with E-state index in [2.05, 4.69) is 33.6 Å². The highest BCUT2D eigenvalue weighted by Gasteiger charge is 2.21. The highest BCUT2D eigenvalue weighted by Crippen LogP contribution is 2.35. The Morgan fingerprint density at radius 1 is 1.31 bits per heavy atom. The number of anilines is 2. The molecule has 0 radical (unpaired) electrons. The van der Waals surface area contributed by atoms with Gasteiger partial charge in [-0.05, 0) is 44.4 Å². The summed E-state index contributed by atoms with van der Waals surface area (Å²) >= 11 is 0. The van der Waals surface area contributed by atoms with Crippen molar-refractivity contribution in [1.29, 1.82) is 0 Å². The third-order valence-corrected chi connectivity index (χ3v) is 4.50. The van der Waals surface area contributed by atoms with Crippen LogP contribution in [0.25, 0.3) is 0 Å². The van der Waals surface area contributed by atoms with Crippen LogP contribution in [0.1, 0.15) is 26.7 Å². The summed E-state index contributed by atoms with van der Waals surface area (Å²) in [5, 5.41) is 4.10. The van der Waals surface area contributed by atoms with Gasteiger partial charge in [-0.2, -0.15) is 5.10 Å². The van der Waals surface area contributed by atoms with Crippen LogP contribution in [0, 0.1) is 5.82 Å². The summed E-state index contributed by atoms with van der Waals surface area (Å²) in [4.78, 5) is 8.82. The highest BCUT2D eigenvalue weighted by molar-refractivity contribution is 5.92. The largest absolute Gasteiger partial charge is 0.360 e. The van der Waals surface area contributed by atoms with Crippen LogP contribution in [0.3, 0.4) is 0 Å². The van der Waals surface area contributed by atoms with Crippen LogP contribution in [0.2, 0.25) is 0 Å². The van der Waals surface area contributed by atoms with Gasteiger partial charge in [-0.3, -0.25) is 5.43 Å². The van der Waals surface area contributed by atoms with Crippen LogP contribution in [0.5, 0.6) is 0 Å². The van der Waals surface area contributed by atoms with E-state index < -0.39 is 0 Å². The molecule has 2 aliphatic rings. The summed E-state index contributed by atoms with van der Waals surface area (Å²) in [6, 6.07) is 4.53. The highest BCUT2D eigenvalue weighted by atomic mass is 19.1. The summed E-state index contributed by atoms with van der Waals surface area (Å²) in [5.41, 5.74) is 6.43. The zero-order valence-electron chi connectivity index (χ0n) is 15.3. The van der Waals surface area contributed by atoms with Crippen molar-refractivity contribution in [2.45, 2.75) is 26.7 Å². The van der Waals surface area contributed by atoms with Gasteiger partial charge in [-0.25, -0.2) is 9.38 Å². The molecular formula is C20H24FN5. The molecule has 1 aromatic rings. The SMILES string of the molecule is C=C(C)/C(=C\N=C(C)N1CCCC1)N1C(=C)C=NNc2cc(F)ccc21. The number of halogens is 1. The van der Waals surface area contributed by atoms with Gasteiger partial charge in [-0.15, -0.1) is 0 Å². The Hall–Kier alpha value is -2.89. The number of aliphatic imine (C=N–C) groups is 1. The monoisotopic (exact) mass is 353 g/mol. The predicted molar refractivity (Wildman–Crippen MR) is 107 cm³/mol. The Balaban J connectivity index is 2.02. The Morgan fingerprint density at radius 3 is 2.73 bits per heavy atom. The predicted octanol–water partition coefficient (Wildman–Crippen LogP) is 4.49. The van der Waals surface area contributed by atoms with Crippen molar-refractivity contribution in [3.8, 4) is 0 Å². The van der Waals surface area contributed by atoms with Crippen LogP contribution >= 0.6 is 0 Å². The maximum atomic E-state index is 13.6. The van der Waals surface area contributed by atoms with E-state index in [-0.39, 0.29) is 5.82 Å². The Bertz CT molecular complexity index is 815. The molecule has 2 heterocycles. The lowest BCUT2D eigenvalue weighted by molar-refractivity contribution is 0.516. The number of hydrazone groups is 1. The van der Waals surface area contributed by atoms with Gasteiger partial charge in [0.2, 0.25) is 0 Å². The minimum atomic E-state index is -0.331. The first-order valence-corrected chi connectivity index (χ1v) is 8.70. The first-order valence-electron chi connectivity index (χ1n) is 8.70. The molecule has 0 aromatic heterocycles. The molecule has 0 spiro atoms. The molecule has 5 nitrogen and oxygen atoms in total. The smallest absolute Gasteiger partial charge is 0.125 e. The molecule has 136 valence electrons. The number of hydrogen-bond donors (Lipinski definition) is 1. The maximum Gasteiger partial charge on any atom is 0.125 e. The van der Waals surface area contributed by atoms with E-state index in [9.17, 15) is 4.39 Å². The van der Waals surface area contributed by atoms with Gasteiger partial charge < -0.3 is 9.80 Å². The quantitative estimate of drug-likeness (QED) is 0.495. The lowest BCUT2D eigenvalue weighted by Gasteiger charge is -2.27. The number of benzene rings is 1. The van der Waals surface area contributed by atoms with Gasteiger partial charge in [0.1, 0.15) is 11.7 Å². The second kappa shape index (κ2) is 7.56. The Labute approximate surface area is 153 Å². The van der Waals surface area contributed by atoms with E-state index >= 15 is 0 Å². The first-order chi connectivity index (χ1) is 12.5. The van der Waals surface area contributed by atoms with Gasteiger partial charge in [0.25, 0.3) is 0 Å². The van der Waals surface area contributed by atoms with Crippen LogP contribution in [0.4, 0.5) is 15.8 Å². The molecule has 0 unspecified atom stereocenters. The molecule has 1 fully saturated rings. The molecule has 1 aromatic carbocycles. The lowest BCUT2D eigenvalue weighted by atomic mass is 10.1. The minimum Gasteiger partial charge on any atom is -0.360 e. The minimum absolute atomic E-state index is 0.331. The molecule has 26 heavy (non-hydrogen) atoms. The third kappa shape index (κ3) is 3.69. The number of nitrogens with zero attached hydrogens (tertiary/aromatic N) is 4. The zero-order chi connectivity index (χ0) is 18.7. The van der Waals surface area contributed by atoms with Gasteiger partial charge >= 0.3 is 0 Å². The fraction of sp³-hybridized carbons (Fsp3) is 0.300. The van der Waals surface area contributed by atoms with Gasteiger partial charge in [0.05, 0.1) is 35.2 Å². The van der Waals surface area contributed by atoms with Crippen LogP contribution in [-0.2, 0) is 0 Å². The Morgan fingerprint density at radius 2 is 2.04 bits per heavy atom.